The van der Waals surface area contributed by atoms with Gasteiger partial charge in [-0.3, -0.25) is 4.98 Å². The number of aryl methyl sites for hydroxylation is 1. The van der Waals surface area contributed by atoms with Gasteiger partial charge >= 0.3 is 0 Å². The van der Waals surface area contributed by atoms with E-state index in [9.17, 15) is 0 Å². The number of nitrogens with zero attached hydrogens (tertiary/aromatic N) is 4. The van der Waals surface area contributed by atoms with Gasteiger partial charge in [-0.1, -0.05) is 11.3 Å². The van der Waals surface area contributed by atoms with Gasteiger partial charge in [0.1, 0.15) is 16.2 Å². The molecule has 1 N–H and O–H groups in total. The molecule has 4 rings (SSSR count). The minimum Gasteiger partial charge on any atom is -0.316 e. The Hall–Kier alpha value is -2.86. The van der Waals surface area contributed by atoms with Crippen LogP contribution in [0.3, 0.4) is 0 Å². The van der Waals surface area contributed by atoms with Crippen molar-refractivity contribution in [2.75, 3.05) is 5.32 Å². The number of anilines is 2. The smallest absolute Gasteiger partial charge is 0.190 e. The van der Waals surface area contributed by atoms with E-state index in [1.807, 2.05) is 43.3 Å². The van der Waals surface area contributed by atoms with E-state index in [1.165, 1.54) is 11.3 Å². The van der Waals surface area contributed by atoms with Crippen LogP contribution in [0.4, 0.5) is 10.9 Å². The van der Waals surface area contributed by atoms with E-state index in [4.69, 9.17) is 4.98 Å². The minimum absolute atomic E-state index is 0.789. The molecule has 0 radical (unpaired) electrons. The molecule has 112 valence electrons. The largest absolute Gasteiger partial charge is 0.316 e. The van der Waals surface area contributed by atoms with Crippen LogP contribution in [0.5, 0.6) is 0 Å². The lowest BCUT2D eigenvalue weighted by Crippen LogP contribution is -1.92. The molecule has 6 heteroatoms. The molecule has 0 aliphatic heterocycles. The van der Waals surface area contributed by atoms with Crippen molar-refractivity contribution < 1.29 is 0 Å². The van der Waals surface area contributed by atoms with Gasteiger partial charge in [0.25, 0.3) is 0 Å². The molecule has 23 heavy (non-hydrogen) atoms. The molecule has 0 aromatic carbocycles. The lowest BCUT2D eigenvalue weighted by molar-refractivity contribution is 1.26. The van der Waals surface area contributed by atoms with Gasteiger partial charge in [0.15, 0.2) is 5.13 Å². The summed E-state index contributed by atoms with van der Waals surface area (Å²) in [5.74, 6) is 0.790. The number of hydrogen-bond donors (Lipinski definition) is 1. The van der Waals surface area contributed by atoms with Crippen molar-refractivity contribution in [1.82, 2.24) is 19.9 Å². The Morgan fingerprint density at radius 3 is 2.65 bits per heavy atom. The van der Waals surface area contributed by atoms with Gasteiger partial charge in [-0.2, -0.15) is 0 Å². The number of rotatable bonds is 3. The number of aromatic nitrogens is 4. The van der Waals surface area contributed by atoms with Crippen LogP contribution in [0.25, 0.3) is 21.6 Å². The number of nitrogens with one attached hydrogen (secondary N) is 1. The molecule has 4 aromatic rings. The van der Waals surface area contributed by atoms with Crippen LogP contribution in [0, 0.1) is 6.92 Å². The van der Waals surface area contributed by atoms with Crippen molar-refractivity contribution in [1.29, 1.82) is 0 Å². The SMILES string of the molecule is Cc1ccnc(Nc2nc3ccc(-c4ccncc4)nc3s2)c1. The van der Waals surface area contributed by atoms with Gasteiger partial charge in [0.2, 0.25) is 0 Å². The Labute approximate surface area is 137 Å². The van der Waals surface area contributed by atoms with Crippen molar-refractivity contribution >= 4 is 32.6 Å². The highest BCUT2D eigenvalue weighted by Gasteiger charge is 2.08. The van der Waals surface area contributed by atoms with E-state index in [0.717, 1.165) is 38.1 Å². The Bertz CT molecular complexity index is 965. The Morgan fingerprint density at radius 1 is 0.957 bits per heavy atom. The maximum atomic E-state index is 4.69. The van der Waals surface area contributed by atoms with E-state index in [2.05, 4.69) is 20.3 Å². The highest BCUT2D eigenvalue weighted by Crippen LogP contribution is 2.28. The highest BCUT2D eigenvalue weighted by molar-refractivity contribution is 7.21. The quantitative estimate of drug-likeness (QED) is 0.613. The zero-order valence-electron chi connectivity index (χ0n) is 12.4. The van der Waals surface area contributed by atoms with Gasteiger partial charge in [-0.05, 0) is 48.9 Å². The first-order valence-electron chi connectivity index (χ1n) is 7.15. The molecule has 4 heterocycles. The molecule has 0 amide bonds. The predicted octanol–water partition coefficient (Wildman–Crippen LogP) is 4.20. The lowest BCUT2D eigenvalue weighted by Gasteiger charge is -2.01. The average molecular weight is 319 g/mol. The Kier molecular flexibility index (Phi) is 3.44. The second-order valence-electron chi connectivity index (χ2n) is 5.12. The Balaban J connectivity index is 1.68. The van der Waals surface area contributed by atoms with Crippen LogP contribution >= 0.6 is 11.3 Å². The first-order chi connectivity index (χ1) is 11.3. The van der Waals surface area contributed by atoms with Crippen molar-refractivity contribution in [3.8, 4) is 11.3 Å². The number of hydrogen-bond acceptors (Lipinski definition) is 6. The fourth-order valence-corrected chi connectivity index (χ4v) is 3.11. The van der Waals surface area contributed by atoms with Gasteiger partial charge in [-0.25, -0.2) is 15.0 Å². The molecule has 0 fully saturated rings. The molecule has 4 aromatic heterocycles. The first-order valence-corrected chi connectivity index (χ1v) is 7.97. The van der Waals surface area contributed by atoms with Crippen molar-refractivity contribution in [3.05, 3.63) is 60.6 Å². The normalized spacial score (nSPS) is 10.8. The van der Waals surface area contributed by atoms with Gasteiger partial charge in [-0.15, -0.1) is 0 Å². The van der Waals surface area contributed by atoms with E-state index in [0.29, 0.717) is 0 Å². The molecule has 0 saturated heterocycles. The maximum absolute atomic E-state index is 4.69. The molecule has 0 aliphatic carbocycles. The third kappa shape index (κ3) is 2.89. The summed E-state index contributed by atoms with van der Waals surface area (Å²) in [6.45, 7) is 2.04. The van der Waals surface area contributed by atoms with Gasteiger partial charge in [0.05, 0.1) is 5.69 Å². The standard InChI is InChI=1S/C17H13N5S/c1-11-4-9-19-15(10-11)22-17-21-14-3-2-13(20-16(14)23-17)12-5-7-18-8-6-12/h2-10H,1H3,(H,19,21,22). The molecular weight excluding hydrogens is 306 g/mol. The number of thiazole rings is 1. The summed E-state index contributed by atoms with van der Waals surface area (Å²) < 4.78 is 0. The lowest BCUT2D eigenvalue weighted by atomic mass is 10.2. The van der Waals surface area contributed by atoms with Crippen molar-refractivity contribution in [2.45, 2.75) is 6.92 Å². The monoisotopic (exact) mass is 319 g/mol. The second-order valence-corrected chi connectivity index (χ2v) is 6.10. The maximum Gasteiger partial charge on any atom is 0.190 e. The van der Waals surface area contributed by atoms with Crippen LogP contribution < -0.4 is 5.32 Å². The van der Waals surface area contributed by atoms with E-state index in [-0.39, 0.29) is 0 Å². The summed E-state index contributed by atoms with van der Waals surface area (Å²) in [5.41, 5.74) is 4.00. The zero-order valence-corrected chi connectivity index (χ0v) is 13.2. The van der Waals surface area contributed by atoms with Crippen molar-refractivity contribution in [2.24, 2.45) is 0 Å². The Morgan fingerprint density at radius 2 is 1.83 bits per heavy atom. The number of fused-ring (bicyclic) bond motifs is 1. The molecule has 0 aliphatic rings. The van der Waals surface area contributed by atoms with Crippen LogP contribution in [0.2, 0.25) is 0 Å². The molecule has 0 saturated carbocycles. The predicted molar refractivity (Wildman–Crippen MR) is 92.9 cm³/mol. The molecule has 0 atom stereocenters. The fourth-order valence-electron chi connectivity index (χ4n) is 2.27. The molecule has 0 spiro atoms. The summed E-state index contributed by atoms with van der Waals surface area (Å²) in [4.78, 5) is 18.5. The summed E-state index contributed by atoms with van der Waals surface area (Å²) in [6, 6.07) is 11.8. The summed E-state index contributed by atoms with van der Waals surface area (Å²) in [6.07, 6.45) is 5.32. The summed E-state index contributed by atoms with van der Waals surface area (Å²) >= 11 is 1.52. The molecular formula is C17H13N5S. The molecule has 5 nitrogen and oxygen atoms in total. The summed E-state index contributed by atoms with van der Waals surface area (Å²) in [5, 5.41) is 4.03. The van der Waals surface area contributed by atoms with Crippen molar-refractivity contribution in [3.63, 3.8) is 0 Å². The van der Waals surface area contributed by atoms with Gasteiger partial charge < -0.3 is 5.32 Å². The molecule has 0 unspecified atom stereocenters. The third-order valence-electron chi connectivity index (χ3n) is 3.38. The van der Waals surface area contributed by atoms with Crippen LogP contribution in [-0.2, 0) is 0 Å². The van der Waals surface area contributed by atoms with E-state index in [1.54, 1.807) is 18.6 Å². The zero-order chi connectivity index (χ0) is 15.6. The first kappa shape index (κ1) is 13.8. The summed E-state index contributed by atoms with van der Waals surface area (Å²) in [7, 11) is 0. The van der Waals surface area contributed by atoms with Crippen LogP contribution in [0.15, 0.2) is 55.0 Å². The number of pyridine rings is 3. The third-order valence-corrected chi connectivity index (χ3v) is 4.26. The van der Waals surface area contributed by atoms with Crippen LogP contribution in [0.1, 0.15) is 5.56 Å². The van der Waals surface area contributed by atoms with Crippen LogP contribution in [-0.4, -0.2) is 19.9 Å². The minimum atomic E-state index is 0.789. The van der Waals surface area contributed by atoms with E-state index < -0.39 is 0 Å². The van der Waals surface area contributed by atoms with E-state index >= 15 is 0 Å². The average Bonchev–Trinajstić information content (AvgIpc) is 2.97. The van der Waals surface area contributed by atoms with Gasteiger partial charge in [0, 0.05) is 24.2 Å². The fraction of sp³-hybridized carbons (Fsp3) is 0.0588. The molecule has 0 bridgehead atoms. The topological polar surface area (TPSA) is 63.6 Å². The second kappa shape index (κ2) is 5.73. The highest BCUT2D eigenvalue weighted by atomic mass is 32.1.